The topological polar surface area (TPSA) is 74.8 Å². The SMILES string of the molecule is COc1cc(C)c2[nH]ccc2c1CN1CCC2(COC2)CC1c1ccc(C(=O)O)cc1. The number of ether oxygens (including phenoxy) is 2. The van der Waals surface area contributed by atoms with Crippen LogP contribution in [0.15, 0.2) is 42.6 Å². The predicted molar refractivity (Wildman–Crippen MR) is 119 cm³/mol. The van der Waals surface area contributed by atoms with Crippen LogP contribution < -0.4 is 4.74 Å². The van der Waals surface area contributed by atoms with Gasteiger partial charge in [0, 0.05) is 40.7 Å². The standard InChI is InChI=1S/C25H28N2O4/c1-16-11-22(30-2)20(19-7-9-26-23(16)19)13-27-10-8-25(14-31-15-25)12-21(27)17-3-5-18(6-4-17)24(28)29/h3-7,9,11,21,26H,8,10,12-15H2,1-2H3,(H,28,29). The van der Waals surface area contributed by atoms with E-state index in [-0.39, 0.29) is 11.5 Å². The molecular formula is C25H28N2O4. The van der Waals surface area contributed by atoms with Gasteiger partial charge in [0.1, 0.15) is 5.75 Å². The zero-order chi connectivity index (χ0) is 21.6. The van der Waals surface area contributed by atoms with Gasteiger partial charge >= 0.3 is 5.97 Å². The molecule has 0 radical (unpaired) electrons. The molecular weight excluding hydrogens is 392 g/mol. The van der Waals surface area contributed by atoms with Crippen molar-refractivity contribution in [3.05, 3.63) is 64.8 Å². The Kier molecular flexibility index (Phi) is 4.99. The molecule has 3 heterocycles. The van der Waals surface area contributed by atoms with Crippen LogP contribution >= 0.6 is 0 Å². The molecule has 2 saturated heterocycles. The summed E-state index contributed by atoms with van der Waals surface area (Å²) in [6.45, 7) is 5.48. The van der Waals surface area contributed by atoms with Crippen molar-refractivity contribution in [1.82, 2.24) is 9.88 Å². The molecule has 162 valence electrons. The van der Waals surface area contributed by atoms with Crippen molar-refractivity contribution in [2.24, 2.45) is 5.41 Å². The lowest BCUT2D eigenvalue weighted by Gasteiger charge is -2.51. The number of aromatic carboxylic acids is 1. The van der Waals surface area contributed by atoms with Gasteiger partial charge in [0.2, 0.25) is 0 Å². The molecule has 2 aliphatic rings. The molecule has 1 aromatic heterocycles. The van der Waals surface area contributed by atoms with Gasteiger partial charge in [0.25, 0.3) is 0 Å². The molecule has 0 aliphatic carbocycles. The van der Waals surface area contributed by atoms with Gasteiger partial charge in [-0.05, 0) is 61.7 Å². The Morgan fingerprint density at radius 3 is 2.71 bits per heavy atom. The number of nitrogens with one attached hydrogen (secondary N) is 1. The van der Waals surface area contributed by atoms with E-state index in [0.717, 1.165) is 56.0 Å². The van der Waals surface area contributed by atoms with Gasteiger partial charge in [-0.3, -0.25) is 4.90 Å². The van der Waals surface area contributed by atoms with Crippen LogP contribution in [0.3, 0.4) is 0 Å². The van der Waals surface area contributed by atoms with Crippen LogP contribution in [0.4, 0.5) is 0 Å². The van der Waals surface area contributed by atoms with Crippen molar-refractivity contribution in [2.75, 3.05) is 26.9 Å². The molecule has 1 spiro atoms. The Bertz CT molecular complexity index is 1110. The largest absolute Gasteiger partial charge is 0.496 e. The molecule has 5 rings (SSSR count). The van der Waals surface area contributed by atoms with Gasteiger partial charge in [0.05, 0.1) is 25.9 Å². The summed E-state index contributed by atoms with van der Waals surface area (Å²) in [6.07, 6.45) is 4.12. The predicted octanol–water partition coefficient (Wildman–Crippen LogP) is 4.54. The van der Waals surface area contributed by atoms with E-state index in [9.17, 15) is 9.90 Å². The number of aryl methyl sites for hydroxylation is 1. The van der Waals surface area contributed by atoms with Crippen LogP contribution in [0.2, 0.25) is 0 Å². The number of carboxylic acid groups (broad SMARTS) is 1. The fourth-order valence-electron chi connectivity index (χ4n) is 5.18. The molecule has 2 aromatic carbocycles. The molecule has 0 saturated carbocycles. The van der Waals surface area contributed by atoms with Gasteiger partial charge in [-0.25, -0.2) is 4.79 Å². The van der Waals surface area contributed by atoms with Crippen LogP contribution in [0.1, 0.15) is 45.9 Å². The summed E-state index contributed by atoms with van der Waals surface area (Å²) < 4.78 is 11.4. The Hall–Kier alpha value is -2.83. The van der Waals surface area contributed by atoms with E-state index in [2.05, 4.69) is 28.9 Å². The highest BCUT2D eigenvalue weighted by Gasteiger charge is 2.45. The maximum atomic E-state index is 11.3. The average molecular weight is 421 g/mol. The molecule has 31 heavy (non-hydrogen) atoms. The summed E-state index contributed by atoms with van der Waals surface area (Å²) in [5.41, 5.74) is 5.24. The third kappa shape index (κ3) is 3.50. The van der Waals surface area contributed by atoms with E-state index in [4.69, 9.17) is 9.47 Å². The number of methoxy groups -OCH3 is 1. The van der Waals surface area contributed by atoms with E-state index >= 15 is 0 Å². The van der Waals surface area contributed by atoms with E-state index in [1.165, 1.54) is 16.5 Å². The minimum Gasteiger partial charge on any atom is -0.496 e. The molecule has 1 atom stereocenters. The molecule has 1 unspecified atom stereocenters. The van der Waals surface area contributed by atoms with Gasteiger partial charge in [-0.15, -0.1) is 0 Å². The number of aromatic nitrogens is 1. The second-order valence-electron chi connectivity index (χ2n) is 9.00. The summed E-state index contributed by atoms with van der Waals surface area (Å²) in [5, 5.41) is 10.5. The average Bonchev–Trinajstić information content (AvgIpc) is 3.25. The molecule has 6 nitrogen and oxygen atoms in total. The van der Waals surface area contributed by atoms with Crippen LogP contribution in [0, 0.1) is 12.3 Å². The Morgan fingerprint density at radius 2 is 2.06 bits per heavy atom. The van der Waals surface area contributed by atoms with Crippen LogP contribution in [-0.4, -0.2) is 47.8 Å². The zero-order valence-corrected chi connectivity index (χ0v) is 18.0. The third-order valence-electron chi connectivity index (χ3n) is 7.05. The van der Waals surface area contributed by atoms with Crippen LogP contribution in [-0.2, 0) is 11.3 Å². The zero-order valence-electron chi connectivity index (χ0n) is 18.0. The highest BCUT2D eigenvalue weighted by molar-refractivity contribution is 5.88. The van der Waals surface area contributed by atoms with E-state index < -0.39 is 5.97 Å². The molecule has 2 fully saturated rings. The van der Waals surface area contributed by atoms with Crippen molar-refractivity contribution in [3.63, 3.8) is 0 Å². The number of fused-ring (bicyclic) bond motifs is 1. The van der Waals surface area contributed by atoms with Crippen molar-refractivity contribution >= 4 is 16.9 Å². The van der Waals surface area contributed by atoms with Gasteiger partial charge in [0.15, 0.2) is 0 Å². The number of hydrogen-bond donors (Lipinski definition) is 2. The molecule has 3 aromatic rings. The lowest BCUT2D eigenvalue weighted by Crippen LogP contribution is -2.51. The minimum absolute atomic E-state index is 0.209. The summed E-state index contributed by atoms with van der Waals surface area (Å²) in [7, 11) is 1.73. The minimum atomic E-state index is -0.893. The number of hydrogen-bond acceptors (Lipinski definition) is 4. The maximum absolute atomic E-state index is 11.3. The molecule has 0 bridgehead atoms. The summed E-state index contributed by atoms with van der Waals surface area (Å²) in [5.74, 6) is 0.0204. The van der Waals surface area contributed by atoms with E-state index in [0.29, 0.717) is 5.56 Å². The Morgan fingerprint density at radius 1 is 1.29 bits per heavy atom. The Labute approximate surface area is 181 Å². The van der Waals surface area contributed by atoms with Crippen LogP contribution in [0.25, 0.3) is 10.9 Å². The maximum Gasteiger partial charge on any atom is 0.335 e. The summed E-state index contributed by atoms with van der Waals surface area (Å²) in [6, 6.07) is 11.8. The first kappa shape index (κ1) is 20.1. The fraction of sp³-hybridized carbons (Fsp3) is 0.400. The van der Waals surface area contributed by atoms with E-state index in [1.54, 1.807) is 19.2 Å². The quantitative estimate of drug-likeness (QED) is 0.634. The number of piperidine rings is 1. The number of rotatable bonds is 5. The fourth-order valence-corrected chi connectivity index (χ4v) is 5.18. The van der Waals surface area contributed by atoms with Crippen molar-refractivity contribution in [1.29, 1.82) is 0 Å². The second-order valence-corrected chi connectivity index (χ2v) is 9.00. The molecule has 2 aliphatic heterocycles. The summed E-state index contributed by atoms with van der Waals surface area (Å²) >= 11 is 0. The van der Waals surface area contributed by atoms with Gasteiger partial charge < -0.3 is 19.6 Å². The second kappa shape index (κ2) is 7.70. The number of nitrogens with zero attached hydrogens (tertiary/aromatic N) is 1. The number of carbonyl (C=O) groups is 1. The number of benzene rings is 2. The highest BCUT2D eigenvalue weighted by atomic mass is 16.5. The third-order valence-corrected chi connectivity index (χ3v) is 7.05. The lowest BCUT2D eigenvalue weighted by molar-refractivity contribution is -0.153. The summed E-state index contributed by atoms with van der Waals surface area (Å²) in [4.78, 5) is 17.2. The number of aromatic amines is 1. The number of H-pyrrole nitrogens is 1. The lowest BCUT2D eigenvalue weighted by atomic mass is 9.72. The first-order valence-corrected chi connectivity index (χ1v) is 10.8. The normalized spacial score (nSPS) is 20.6. The van der Waals surface area contributed by atoms with Crippen molar-refractivity contribution < 1.29 is 19.4 Å². The molecule has 6 heteroatoms. The first-order chi connectivity index (χ1) is 15.0. The van der Waals surface area contributed by atoms with Gasteiger partial charge in [-0.2, -0.15) is 0 Å². The molecule has 0 amide bonds. The highest BCUT2D eigenvalue weighted by Crippen LogP contribution is 2.47. The van der Waals surface area contributed by atoms with Crippen molar-refractivity contribution in [2.45, 2.75) is 32.4 Å². The number of carboxylic acids is 1. The van der Waals surface area contributed by atoms with Crippen LogP contribution in [0.5, 0.6) is 5.75 Å². The monoisotopic (exact) mass is 420 g/mol. The van der Waals surface area contributed by atoms with E-state index in [1.807, 2.05) is 18.3 Å². The van der Waals surface area contributed by atoms with Crippen molar-refractivity contribution in [3.8, 4) is 5.75 Å². The number of likely N-dealkylation sites (tertiary alicyclic amines) is 1. The Balaban J connectivity index is 1.51. The van der Waals surface area contributed by atoms with Gasteiger partial charge in [-0.1, -0.05) is 12.1 Å². The first-order valence-electron chi connectivity index (χ1n) is 10.8. The smallest absolute Gasteiger partial charge is 0.335 e. The molecule has 2 N–H and O–H groups in total.